The minimum Gasteiger partial charge on any atom is -0.378 e. The molecule has 6 nitrogen and oxygen atoms in total. The fourth-order valence-electron chi connectivity index (χ4n) is 3.59. The molecule has 0 unspecified atom stereocenters. The van der Waals surface area contributed by atoms with Crippen LogP contribution in [-0.4, -0.2) is 30.3 Å². The van der Waals surface area contributed by atoms with Gasteiger partial charge in [0.1, 0.15) is 5.78 Å². The van der Waals surface area contributed by atoms with Gasteiger partial charge >= 0.3 is 0 Å². The highest BCUT2D eigenvalue weighted by Crippen LogP contribution is 2.26. The van der Waals surface area contributed by atoms with E-state index in [4.69, 9.17) is 10.5 Å². The molecule has 0 radical (unpaired) electrons. The van der Waals surface area contributed by atoms with Crippen molar-refractivity contribution in [2.75, 3.05) is 6.61 Å². The third-order valence-corrected chi connectivity index (χ3v) is 5.40. The van der Waals surface area contributed by atoms with Crippen molar-refractivity contribution in [2.24, 2.45) is 23.3 Å². The lowest BCUT2D eigenvalue weighted by Crippen LogP contribution is -2.21. The summed E-state index contributed by atoms with van der Waals surface area (Å²) in [5.74, 6) is 0.670. The lowest BCUT2D eigenvalue weighted by Gasteiger charge is -2.21. The Hall–Kier alpha value is -1.43. The number of amides is 2. The Morgan fingerprint density at radius 2 is 1.38 bits per heavy atom. The first-order valence-electron chi connectivity index (χ1n) is 11.5. The largest absolute Gasteiger partial charge is 0.378 e. The summed E-state index contributed by atoms with van der Waals surface area (Å²) in [6, 6.07) is 0. The average molecular weight is 417 g/mol. The topological polar surface area (TPSA) is 112 Å². The van der Waals surface area contributed by atoms with Crippen LogP contribution in [0.15, 0.2) is 0 Å². The fourth-order valence-corrected chi connectivity index (χ4v) is 3.59. The van der Waals surface area contributed by atoms with Crippen LogP contribution in [-0.2, 0) is 19.1 Å². The van der Waals surface area contributed by atoms with E-state index in [2.05, 4.69) is 5.73 Å². The standard InChI is InChI=1S/C10H19NO2.C10H18O.C3H7NO.2H2/c11-10(12)7-4-8-13-9-5-2-1-3-6-9;1-8(2)10(11)9-6-4-3-5-7-9;1-2-3(4)5;;/h9H,1-8H2,(H2,11,12);8-9H,3-7H2,1-2H3;2H2,1H3,(H2,4,5);2*1H. The summed E-state index contributed by atoms with van der Waals surface area (Å²) in [7, 11) is 0. The number of Topliss-reactive ketones (excluding diaryl/α,β-unsaturated/α-hetero) is 1. The number of carbonyl (C=O) groups excluding carboxylic acids is 3. The molecule has 2 rings (SSSR count). The number of hydrogen-bond donors (Lipinski definition) is 2. The minimum atomic E-state index is -0.245. The highest BCUT2D eigenvalue weighted by Gasteiger charge is 2.22. The highest BCUT2D eigenvalue weighted by atomic mass is 16.5. The zero-order valence-electron chi connectivity index (χ0n) is 18.9. The van der Waals surface area contributed by atoms with E-state index in [0.29, 0.717) is 37.3 Å². The first kappa shape index (κ1) is 27.6. The van der Waals surface area contributed by atoms with Crippen molar-refractivity contribution in [3.8, 4) is 0 Å². The Morgan fingerprint density at radius 1 is 0.897 bits per heavy atom. The molecule has 0 aromatic rings. The maximum Gasteiger partial charge on any atom is 0.217 e. The molecule has 0 heterocycles. The van der Waals surface area contributed by atoms with E-state index in [9.17, 15) is 14.4 Å². The van der Waals surface area contributed by atoms with Gasteiger partial charge in [-0.15, -0.1) is 0 Å². The predicted molar refractivity (Wildman–Crippen MR) is 121 cm³/mol. The summed E-state index contributed by atoms with van der Waals surface area (Å²) in [5, 5.41) is 0. The molecule has 2 saturated carbocycles. The molecule has 2 aliphatic rings. The molecule has 2 fully saturated rings. The predicted octanol–water partition coefficient (Wildman–Crippen LogP) is 4.77. The number of primary amides is 2. The molecule has 2 amide bonds. The van der Waals surface area contributed by atoms with E-state index in [-0.39, 0.29) is 20.6 Å². The summed E-state index contributed by atoms with van der Waals surface area (Å²) in [4.78, 5) is 31.5. The van der Waals surface area contributed by atoms with Crippen molar-refractivity contribution in [3.63, 3.8) is 0 Å². The van der Waals surface area contributed by atoms with Gasteiger partial charge in [0.05, 0.1) is 6.10 Å². The van der Waals surface area contributed by atoms with Gasteiger partial charge in [0.2, 0.25) is 11.8 Å². The molecule has 0 aromatic carbocycles. The van der Waals surface area contributed by atoms with Gasteiger partial charge in [-0.2, -0.15) is 0 Å². The van der Waals surface area contributed by atoms with Crippen molar-refractivity contribution in [3.05, 3.63) is 0 Å². The van der Waals surface area contributed by atoms with Gasteiger partial charge in [-0.25, -0.2) is 0 Å². The first-order chi connectivity index (χ1) is 13.8. The normalized spacial score (nSPS) is 17.5. The van der Waals surface area contributed by atoms with E-state index in [0.717, 1.165) is 19.3 Å². The van der Waals surface area contributed by atoms with E-state index < -0.39 is 0 Å². The van der Waals surface area contributed by atoms with Gasteiger partial charge in [0.15, 0.2) is 0 Å². The summed E-state index contributed by atoms with van der Waals surface area (Å²) in [6.07, 6.45) is 14.6. The Morgan fingerprint density at radius 3 is 1.79 bits per heavy atom. The second-order valence-electron chi connectivity index (χ2n) is 8.41. The van der Waals surface area contributed by atoms with Crippen LogP contribution in [0.2, 0.25) is 0 Å². The van der Waals surface area contributed by atoms with E-state index in [1.54, 1.807) is 6.92 Å². The Balaban J connectivity index is -0.000000399. The highest BCUT2D eigenvalue weighted by molar-refractivity contribution is 5.82. The van der Waals surface area contributed by atoms with Crippen LogP contribution >= 0.6 is 0 Å². The average Bonchev–Trinajstić information content (AvgIpc) is 2.72. The van der Waals surface area contributed by atoms with Gasteiger partial charge in [0, 0.05) is 34.1 Å². The molecule has 0 aromatic heterocycles. The molecular formula is C23H48N2O4. The maximum absolute atomic E-state index is 11.5. The van der Waals surface area contributed by atoms with E-state index in [1.165, 1.54) is 51.4 Å². The van der Waals surface area contributed by atoms with Crippen LogP contribution in [0.4, 0.5) is 0 Å². The second kappa shape index (κ2) is 17.4. The van der Waals surface area contributed by atoms with Crippen molar-refractivity contribution in [2.45, 2.75) is 110 Å². The van der Waals surface area contributed by atoms with Crippen LogP contribution in [0.5, 0.6) is 0 Å². The van der Waals surface area contributed by atoms with E-state index >= 15 is 0 Å². The maximum atomic E-state index is 11.5. The summed E-state index contributed by atoms with van der Waals surface area (Å²) < 4.78 is 5.63. The second-order valence-corrected chi connectivity index (χ2v) is 8.41. The molecule has 29 heavy (non-hydrogen) atoms. The third kappa shape index (κ3) is 16.1. The summed E-state index contributed by atoms with van der Waals surface area (Å²) in [6.45, 7) is 6.43. The van der Waals surface area contributed by atoms with Gasteiger partial charge in [-0.3, -0.25) is 14.4 Å². The van der Waals surface area contributed by atoms with Crippen LogP contribution in [0.3, 0.4) is 0 Å². The zero-order chi connectivity index (χ0) is 22.1. The summed E-state index contributed by atoms with van der Waals surface area (Å²) >= 11 is 0. The number of hydrogen-bond acceptors (Lipinski definition) is 4. The van der Waals surface area contributed by atoms with Crippen LogP contribution in [0.25, 0.3) is 0 Å². The minimum absolute atomic E-state index is 0. The Bertz CT molecular complexity index is 464. The number of nitrogens with two attached hydrogens (primary N) is 2. The molecule has 0 saturated heterocycles. The molecule has 174 valence electrons. The molecule has 0 atom stereocenters. The smallest absolute Gasteiger partial charge is 0.217 e. The number of rotatable bonds is 8. The van der Waals surface area contributed by atoms with E-state index in [1.807, 2.05) is 13.8 Å². The monoisotopic (exact) mass is 416 g/mol. The molecule has 0 aliphatic heterocycles. The lowest BCUT2D eigenvalue weighted by molar-refractivity contribution is -0.126. The molecule has 2 aliphatic carbocycles. The molecule has 0 spiro atoms. The molecule has 6 heteroatoms. The van der Waals surface area contributed by atoms with Crippen molar-refractivity contribution in [1.29, 1.82) is 0 Å². The van der Waals surface area contributed by atoms with Crippen molar-refractivity contribution < 1.29 is 22.0 Å². The van der Waals surface area contributed by atoms with Crippen LogP contribution in [0.1, 0.15) is 107 Å². The van der Waals surface area contributed by atoms with Crippen molar-refractivity contribution in [1.82, 2.24) is 0 Å². The third-order valence-electron chi connectivity index (χ3n) is 5.40. The zero-order valence-corrected chi connectivity index (χ0v) is 18.9. The van der Waals surface area contributed by atoms with Gasteiger partial charge in [-0.05, 0) is 32.1 Å². The number of ketones is 1. The quantitative estimate of drug-likeness (QED) is 0.555. The fraction of sp³-hybridized carbons (Fsp3) is 0.870. The van der Waals surface area contributed by atoms with Gasteiger partial charge in [-0.1, -0.05) is 59.3 Å². The first-order valence-corrected chi connectivity index (χ1v) is 11.5. The molecular weight excluding hydrogens is 368 g/mol. The molecule has 0 bridgehead atoms. The van der Waals surface area contributed by atoms with Crippen LogP contribution < -0.4 is 11.5 Å². The SMILES string of the molecule is CC(C)C(=O)C1CCCCC1.CCC(N)=O.NC(=O)CCCOC1CCCCC1.[HH].[HH]. The Labute approximate surface area is 180 Å². The van der Waals surface area contributed by atoms with Gasteiger partial charge in [0.25, 0.3) is 0 Å². The summed E-state index contributed by atoms with van der Waals surface area (Å²) in [5.41, 5.74) is 9.67. The number of ether oxygens (including phenoxy) is 1. The molecule has 4 N–H and O–H groups in total. The Kier molecular flexibility index (Phi) is 16.6. The van der Waals surface area contributed by atoms with Crippen molar-refractivity contribution >= 4 is 17.6 Å². The number of carbonyl (C=O) groups is 3. The van der Waals surface area contributed by atoms with Gasteiger partial charge < -0.3 is 16.2 Å². The van der Waals surface area contributed by atoms with Crippen LogP contribution in [0, 0.1) is 11.8 Å². The lowest BCUT2D eigenvalue weighted by atomic mass is 9.83.